The van der Waals surface area contributed by atoms with Gasteiger partial charge in [0.2, 0.25) is 0 Å². The monoisotopic (exact) mass is 306 g/mol. The first-order valence-electron chi connectivity index (χ1n) is 7.72. The molecule has 0 aromatic carbocycles. The molecule has 1 aliphatic carbocycles. The summed E-state index contributed by atoms with van der Waals surface area (Å²) in [5.74, 6) is -1.12. The highest BCUT2D eigenvalue weighted by Gasteiger charge is 2.57. The van der Waals surface area contributed by atoms with Gasteiger partial charge in [-0.15, -0.1) is 0 Å². The highest BCUT2D eigenvalue weighted by atomic mass is 16.6. The molecule has 2 aliphatic heterocycles. The van der Waals surface area contributed by atoms with Crippen LogP contribution < -0.4 is 0 Å². The molecule has 5 heteroatoms. The van der Waals surface area contributed by atoms with Crippen LogP contribution in [0.3, 0.4) is 0 Å². The fourth-order valence-electron chi connectivity index (χ4n) is 3.58. The lowest BCUT2D eigenvalue weighted by molar-refractivity contribution is -0.147. The van der Waals surface area contributed by atoms with E-state index in [0.29, 0.717) is 12.0 Å². The van der Waals surface area contributed by atoms with Gasteiger partial charge in [0.15, 0.2) is 0 Å². The molecule has 2 heterocycles. The van der Waals surface area contributed by atoms with E-state index in [0.717, 1.165) is 18.4 Å². The summed E-state index contributed by atoms with van der Waals surface area (Å²) in [6.45, 7) is 9.28. The maximum Gasteiger partial charge on any atom is 0.334 e. The number of esters is 2. The van der Waals surface area contributed by atoms with Gasteiger partial charge in [0.25, 0.3) is 0 Å². The molecule has 5 nitrogen and oxygen atoms in total. The summed E-state index contributed by atoms with van der Waals surface area (Å²) in [5.41, 5.74) is 1.24. The Bertz CT molecular complexity index is 563. The molecule has 3 rings (SSSR count). The van der Waals surface area contributed by atoms with Gasteiger partial charge in [0.05, 0.1) is 17.6 Å². The third-order valence-electron chi connectivity index (χ3n) is 4.87. The van der Waals surface area contributed by atoms with E-state index in [1.807, 2.05) is 19.9 Å². The summed E-state index contributed by atoms with van der Waals surface area (Å²) < 4.78 is 16.8. The van der Waals surface area contributed by atoms with Crippen molar-refractivity contribution in [2.24, 2.45) is 5.92 Å². The number of hydrogen-bond donors (Lipinski definition) is 0. The Labute approximate surface area is 130 Å². The number of epoxide rings is 1. The van der Waals surface area contributed by atoms with Crippen LogP contribution >= 0.6 is 0 Å². The molecule has 0 unspecified atom stereocenters. The summed E-state index contributed by atoms with van der Waals surface area (Å²) in [4.78, 5) is 23.4. The average Bonchev–Trinajstić information content (AvgIpc) is 2.96. The Morgan fingerprint density at radius 3 is 2.91 bits per heavy atom. The number of rotatable bonds is 1. The number of carbonyl (C=O) groups is 2. The first-order chi connectivity index (χ1) is 10.3. The molecular weight excluding hydrogens is 284 g/mol. The van der Waals surface area contributed by atoms with E-state index in [1.54, 1.807) is 0 Å². The van der Waals surface area contributed by atoms with Gasteiger partial charge >= 0.3 is 11.9 Å². The van der Waals surface area contributed by atoms with Crippen molar-refractivity contribution in [3.8, 4) is 0 Å². The van der Waals surface area contributed by atoms with Crippen molar-refractivity contribution in [3.63, 3.8) is 0 Å². The van der Waals surface area contributed by atoms with Gasteiger partial charge in [-0.05, 0) is 32.8 Å². The highest BCUT2D eigenvalue weighted by Crippen LogP contribution is 2.48. The Morgan fingerprint density at radius 2 is 2.23 bits per heavy atom. The second kappa shape index (κ2) is 5.23. The van der Waals surface area contributed by atoms with E-state index in [1.165, 1.54) is 6.92 Å². The zero-order valence-corrected chi connectivity index (χ0v) is 13.3. The largest absolute Gasteiger partial charge is 0.458 e. The minimum atomic E-state index is -0.514. The molecule has 0 saturated carbocycles. The molecule has 0 bridgehead atoms. The summed E-state index contributed by atoms with van der Waals surface area (Å²) in [7, 11) is 0. The summed E-state index contributed by atoms with van der Waals surface area (Å²) >= 11 is 0. The number of ether oxygens (including phenoxy) is 3. The zero-order chi connectivity index (χ0) is 16.1. The maximum absolute atomic E-state index is 12.0. The molecule has 2 saturated heterocycles. The molecule has 5 atom stereocenters. The number of allylic oxidation sites excluding steroid dienone is 1. The fourth-order valence-corrected chi connectivity index (χ4v) is 3.58. The normalized spacial score (nSPS) is 43.3. The second-order valence-corrected chi connectivity index (χ2v) is 6.74. The second-order valence-electron chi connectivity index (χ2n) is 6.74. The molecule has 0 aromatic heterocycles. The summed E-state index contributed by atoms with van der Waals surface area (Å²) in [5, 5.41) is 0. The molecule has 0 radical (unpaired) electrons. The van der Waals surface area contributed by atoms with E-state index < -0.39 is 12.1 Å². The zero-order valence-electron chi connectivity index (χ0n) is 13.3. The van der Waals surface area contributed by atoms with E-state index in [2.05, 4.69) is 6.58 Å². The Morgan fingerprint density at radius 1 is 1.50 bits per heavy atom. The van der Waals surface area contributed by atoms with Crippen LogP contribution in [0.4, 0.5) is 0 Å². The van der Waals surface area contributed by atoms with Crippen LogP contribution in [-0.2, 0) is 23.8 Å². The van der Waals surface area contributed by atoms with Crippen LogP contribution in [0.5, 0.6) is 0 Å². The van der Waals surface area contributed by atoms with Crippen LogP contribution in [0.15, 0.2) is 23.8 Å². The topological polar surface area (TPSA) is 65.1 Å². The average molecular weight is 306 g/mol. The van der Waals surface area contributed by atoms with E-state index in [9.17, 15) is 9.59 Å². The molecule has 0 aromatic rings. The predicted octanol–water partition coefficient (Wildman–Crippen LogP) is 2.30. The molecule has 120 valence electrons. The highest BCUT2D eigenvalue weighted by molar-refractivity contribution is 5.91. The molecule has 0 spiro atoms. The molecule has 22 heavy (non-hydrogen) atoms. The SMILES string of the molecule is C=C1C(=O)O[C@H]2C[C@@]3(C)O[C@H]3CC/C(C)=C\[C@@H](OC(C)=O)[C@H]12. The van der Waals surface area contributed by atoms with Crippen molar-refractivity contribution in [3.05, 3.63) is 23.8 Å². The lowest BCUT2D eigenvalue weighted by Crippen LogP contribution is -2.35. The summed E-state index contributed by atoms with van der Waals surface area (Å²) in [6, 6.07) is 0. The number of hydrogen-bond acceptors (Lipinski definition) is 5. The van der Waals surface area contributed by atoms with Gasteiger partial charge in [-0.1, -0.05) is 12.2 Å². The lowest BCUT2D eigenvalue weighted by Gasteiger charge is -2.27. The molecular formula is C17H22O5. The van der Waals surface area contributed by atoms with Crippen LogP contribution in [0.1, 0.15) is 40.0 Å². The maximum atomic E-state index is 12.0. The van der Waals surface area contributed by atoms with Crippen molar-refractivity contribution in [2.75, 3.05) is 0 Å². The van der Waals surface area contributed by atoms with Gasteiger partial charge in [0.1, 0.15) is 12.2 Å². The number of fused-ring (bicyclic) bond motifs is 2. The Balaban J connectivity index is 1.95. The quantitative estimate of drug-likeness (QED) is 0.322. The first kappa shape index (κ1) is 15.3. The molecule has 3 aliphatic rings. The summed E-state index contributed by atoms with van der Waals surface area (Å²) in [6.07, 6.45) is 3.68. The van der Waals surface area contributed by atoms with Gasteiger partial charge in [-0.25, -0.2) is 4.79 Å². The predicted molar refractivity (Wildman–Crippen MR) is 79.0 cm³/mol. The van der Waals surface area contributed by atoms with Crippen molar-refractivity contribution in [1.29, 1.82) is 0 Å². The minimum Gasteiger partial charge on any atom is -0.458 e. The van der Waals surface area contributed by atoms with Gasteiger partial charge in [-0.3, -0.25) is 4.79 Å². The Hall–Kier alpha value is -1.62. The van der Waals surface area contributed by atoms with Crippen molar-refractivity contribution < 1.29 is 23.8 Å². The first-order valence-corrected chi connectivity index (χ1v) is 7.72. The third kappa shape index (κ3) is 2.70. The van der Waals surface area contributed by atoms with E-state index in [4.69, 9.17) is 14.2 Å². The molecule has 0 N–H and O–H groups in total. The Kier molecular flexibility index (Phi) is 3.63. The van der Waals surface area contributed by atoms with E-state index in [-0.39, 0.29) is 29.7 Å². The van der Waals surface area contributed by atoms with Gasteiger partial charge in [-0.2, -0.15) is 0 Å². The standard InChI is InChI=1S/C17H22O5/c1-9-5-6-14-17(4,22-14)8-13-15(10(2)16(19)21-13)12(7-9)20-11(3)18/h7,12-15H,2,5-6,8H2,1,3-4H3/b9-7-/t12-,13+,14+,15+,17-/m1/s1. The van der Waals surface area contributed by atoms with E-state index >= 15 is 0 Å². The van der Waals surface area contributed by atoms with Crippen molar-refractivity contribution in [1.82, 2.24) is 0 Å². The number of carbonyl (C=O) groups excluding carboxylic acids is 2. The lowest BCUT2D eigenvalue weighted by atomic mass is 9.83. The molecule has 0 amide bonds. The van der Waals surface area contributed by atoms with Crippen molar-refractivity contribution >= 4 is 11.9 Å². The third-order valence-corrected chi connectivity index (χ3v) is 4.87. The van der Waals surface area contributed by atoms with Gasteiger partial charge in [0, 0.05) is 18.9 Å². The van der Waals surface area contributed by atoms with Gasteiger partial charge < -0.3 is 14.2 Å². The van der Waals surface area contributed by atoms with Crippen LogP contribution in [0.25, 0.3) is 0 Å². The van der Waals surface area contributed by atoms with Crippen LogP contribution in [0, 0.1) is 5.92 Å². The van der Waals surface area contributed by atoms with Crippen molar-refractivity contribution in [2.45, 2.75) is 63.9 Å². The van der Waals surface area contributed by atoms with Crippen LogP contribution in [0.2, 0.25) is 0 Å². The molecule has 2 fully saturated rings. The fraction of sp³-hybridized carbons (Fsp3) is 0.647. The smallest absolute Gasteiger partial charge is 0.334 e. The van der Waals surface area contributed by atoms with Crippen LogP contribution in [-0.4, -0.2) is 35.9 Å². The minimum absolute atomic E-state index is 0.203.